The molecule has 0 heterocycles. The van der Waals surface area contributed by atoms with Crippen molar-refractivity contribution < 1.29 is 96.7 Å². The van der Waals surface area contributed by atoms with Crippen molar-refractivity contribution >= 4 is 26.2 Å². The molecule has 0 unspecified atom stereocenters. The Morgan fingerprint density at radius 2 is 1.18 bits per heavy atom. The molecule has 0 fully saturated rings. The van der Waals surface area contributed by atoms with Crippen LogP contribution in [0.2, 0.25) is 0 Å². The zero-order valence-corrected chi connectivity index (χ0v) is 19.2. The van der Waals surface area contributed by atoms with E-state index in [2.05, 4.69) is 9.05 Å². The third kappa shape index (κ3) is 11.2. The maximum atomic E-state index is 11.6. The Morgan fingerprint density at radius 3 is 1.50 bits per heavy atom. The molecule has 0 aromatic rings. The van der Waals surface area contributed by atoms with Crippen molar-refractivity contribution in [2.24, 2.45) is 0 Å². The van der Waals surface area contributed by atoms with Crippen LogP contribution < -0.4 is 68.9 Å². The summed E-state index contributed by atoms with van der Waals surface area (Å²) in [4.78, 5) is 43.0. The van der Waals surface area contributed by atoms with E-state index in [1.54, 1.807) is 0 Å². The fourth-order valence-electron chi connectivity index (χ4n) is 1.46. The van der Waals surface area contributed by atoms with Gasteiger partial charge >= 0.3 is 66.7 Å². The third-order valence-electron chi connectivity index (χ3n) is 2.62. The molecule has 8 nitrogen and oxygen atoms in total. The SMILES string of the molecule is COP(=O)(OC)C(=O)CCCCCCC(=O)P(=O)([O-])[O-].[Na+].[Na+]. The molecule has 0 atom stereocenters. The van der Waals surface area contributed by atoms with E-state index in [1.807, 2.05) is 0 Å². The van der Waals surface area contributed by atoms with Gasteiger partial charge in [-0.25, -0.2) is 0 Å². The summed E-state index contributed by atoms with van der Waals surface area (Å²) in [5.74, 6) is 0. The topological polar surface area (TPSA) is 133 Å². The second-order valence-corrected chi connectivity index (χ2v) is 7.78. The Labute approximate surface area is 174 Å². The van der Waals surface area contributed by atoms with Crippen molar-refractivity contribution in [1.82, 2.24) is 0 Å². The molecule has 0 rings (SSSR count). The van der Waals surface area contributed by atoms with Gasteiger partial charge in [0.1, 0.15) is 0 Å². The van der Waals surface area contributed by atoms with Gasteiger partial charge in [0.25, 0.3) is 0 Å². The van der Waals surface area contributed by atoms with E-state index in [0.717, 1.165) is 14.2 Å². The predicted octanol–water partition coefficient (Wildman–Crippen LogP) is -5.21. The Bertz CT molecular complexity index is 429. The van der Waals surface area contributed by atoms with Crippen LogP contribution in [-0.4, -0.2) is 25.3 Å². The van der Waals surface area contributed by atoms with Crippen molar-refractivity contribution in [1.29, 1.82) is 0 Å². The zero-order chi connectivity index (χ0) is 15.8. The molecule has 0 aliphatic carbocycles. The van der Waals surface area contributed by atoms with Crippen molar-refractivity contribution in [2.45, 2.75) is 38.5 Å². The molecule has 22 heavy (non-hydrogen) atoms. The predicted molar refractivity (Wildman–Crippen MR) is 66.9 cm³/mol. The molecule has 118 valence electrons. The van der Waals surface area contributed by atoms with Gasteiger partial charge in [0.2, 0.25) is 5.52 Å². The first-order valence-electron chi connectivity index (χ1n) is 5.97. The fourth-order valence-corrected chi connectivity index (χ4v) is 2.88. The molecular formula is C10H18Na2O8P2. The Morgan fingerprint density at radius 1 is 0.818 bits per heavy atom. The Balaban J connectivity index is -0.00000180. The summed E-state index contributed by atoms with van der Waals surface area (Å²) in [7, 11) is -6.55. The van der Waals surface area contributed by atoms with Gasteiger partial charge in [-0.05, 0) is 12.8 Å². The number of unbranched alkanes of at least 4 members (excludes halogenated alkanes) is 3. The summed E-state index contributed by atoms with van der Waals surface area (Å²) in [6.45, 7) is 0. The minimum absolute atomic E-state index is 0. The summed E-state index contributed by atoms with van der Waals surface area (Å²) >= 11 is 0. The number of carbonyl (C=O) groups is 2. The molecule has 0 saturated carbocycles. The van der Waals surface area contributed by atoms with E-state index in [0.29, 0.717) is 19.3 Å². The van der Waals surface area contributed by atoms with E-state index in [1.165, 1.54) is 0 Å². The molecule has 0 bridgehead atoms. The first-order valence-corrected chi connectivity index (χ1v) is 9.06. The molecule has 12 heteroatoms. The van der Waals surface area contributed by atoms with E-state index in [9.17, 15) is 28.5 Å². The van der Waals surface area contributed by atoms with Gasteiger partial charge in [0.05, 0.1) is 0 Å². The summed E-state index contributed by atoms with van der Waals surface area (Å²) < 4.78 is 31.0. The van der Waals surface area contributed by atoms with Crippen LogP contribution in [0.3, 0.4) is 0 Å². The van der Waals surface area contributed by atoms with Gasteiger partial charge in [0, 0.05) is 34.7 Å². The molecule has 0 aromatic heterocycles. The van der Waals surface area contributed by atoms with Crippen LogP contribution in [0.25, 0.3) is 0 Å². The van der Waals surface area contributed by atoms with Crippen molar-refractivity contribution in [2.75, 3.05) is 14.2 Å². The third-order valence-corrected chi connectivity index (χ3v) is 5.25. The fraction of sp³-hybridized carbons (Fsp3) is 0.800. The van der Waals surface area contributed by atoms with Crippen molar-refractivity contribution in [3.05, 3.63) is 0 Å². The average molecular weight is 374 g/mol. The molecule has 0 saturated heterocycles. The molecular weight excluding hydrogens is 356 g/mol. The molecule has 0 aliphatic rings. The van der Waals surface area contributed by atoms with Crippen LogP contribution in [0, 0.1) is 0 Å². The molecule has 0 radical (unpaired) electrons. The first kappa shape index (κ1) is 28.4. The van der Waals surface area contributed by atoms with Gasteiger partial charge in [-0.15, -0.1) is 0 Å². The van der Waals surface area contributed by atoms with Crippen LogP contribution in [0.5, 0.6) is 0 Å². The quantitative estimate of drug-likeness (QED) is 0.199. The first-order chi connectivity index (χ1) is 9.17. The van der Waals surface area contributed by atoms with E-state index >= 15 is 0 Å². The molecule has 0 aliphatic heterocycles. The second-order valence-electron chi connectivity index (χ2n) is 4.06. The Hall–Kier alpha value is 1.64. The minimum atomic E-state index is -5.12. The van der Waals surface area contributed by atoms with Crippen LogP contribution in [0.1, 0.15) is 38.5 Å². The molecule has 0 aromatic carbocycles. The molecule has 0 spiro atoms. The number of rotatable bonds is 11. The summed E-state index contributed by atoms with van der Waals surface area (Å²) in [6, 6.07) is 0. The summed E-state index contributed by atoms with van der Waals surface area (Å²) in [5, 5.41) is 0. The molecule has 0 amide bonds. The van der Waals surface area contributed by atoms with Crippen LogP contribution in [0.15, 0.2) is 0 Å². The van der Waals surface area contributed by atoms with E-state index < -0.39 is 26.2 Å². The maximum Gasteiger partial charge on any atom is 1.00 e. The van der Waals surface area contributed by atoms with Crippen LogP contribution >= 0.6 is 15.2 Å². The normalized spacial score (nSPS) is 11.3. The van der Waals surface area contributed by atoms with Gasteiger partial charge in [-0.3, -0.25) is 14.2 Å². The summed E-state index contributed by atoms with van der Waals surface area (Å²) in [5.41, 5.74) is -1.92. The maximum absolute atomic E-state index is 11.6. The van der Waals surface area contributed by atoms with E-state index in [-0.39, 0.29) is 78.4 Å². The number of hydrogen-bond acceptors (Lipinski definition) is 8. The van der Waals surface area contributed by atoms with E-state index in [4.69, 9.17) is 0 Å². The Kier molecular flexibility index (Phi) is 17.9. The van der Waals surface area contributed by atoms with Crippen LogP contribution in [0.4, 0.5) is 0 Å². The van der Waals surface area contributed by atoms with Crippen molar-refractivity contribution in [3.8, 4) is 0 Å². The zero-order valence-electron chi connectivity index (χ0n) is 13.4. The standard InChI is InChI=1S/C10H20O8P2.2Na/c1-17-20(16,18-2)10(12)8-6-4-3-5-7-9(11)19(13,14)15;;/h3-8H2,1-2H3,(H2,13,14,15);;/q;2*+1/p-2. The van der Waals surface area contributed by atoms with Gasteiger partial charge < -0.3 is 23.4 Å². The minimum Gasteiger partial charge on any atom is -0.805 e. The largest absolute Gasteiger partial charge is 1.00 e. The smallest absolute Gasteiger partial charge is 0.805 e. The molecule has 0 N–H and O–H groups in total. The van der Waals surface area contributed by atoms with Crippen LogP contribution in [-0.2, 0) is 27.8 Å². The van der Waals surface area contributed by atoms with Crippen molar-refractivity contribution in [3.63, 3.8) is 0 Å². The monoisotopic (exact) mass is 374 g/mol. The average Bonchev–Trinajstić information content (AvgIpc) is 2.39. The van der Waals surface area contributed by atoms with Gasteiger partial charge in [-0.2, -0.15) is 0 Å². The summed E-state index contributed by atoms with van der Waals surface area (Å²) in [6.07, 6.45) is 1.39. The van der Waals surface area contributed by atoms with Gasteiger partial charge in [-0.1, -0.05) is 12.8 Å². The number of hydrogen-bond donors (Lipinski definition) is 0. The second kappa shape index (κ2) is 13.9. The van der Waals surface area contributed by atoms with Gasteiger partial charge in [0.15, 0.2) is 5.52 Å². The number of carbonyl (C=O) groups excluding carboxylic acids is 2.